The highest BCUT2D eigenvalue weighted by Crippen LogP contribution is 2.70. The molecule has 1 heterocycles. The zero-order valence-electron chi connectivity index (χ0n) is 17.9. The summed E-state index contributed by atoms with van der Waals surface area (Å²) in [6.45, 7) is 5.64. The molecule has 0 radical (unpaired) electrons. The standard InChI is InChI=1S/C23H33NO5/c1-22(2)14-11-17-20(16-12-15(28-4)5-6-18(16)25)29-10-8-23(17,13-14)21(22)24-19(26)7-9-27-3/h5-6,12,14,17,20-21,25H,7-11,13H2,1-4H3,(H,24,26)/t14-,17-,20-,21-,23?/m1/s1. The number of phenolic OH excluding ortho intramolecular Hbond substituents is 1. The summed E-state index contributed by atoms with van der Waals surface area (Å²) in [6.07, 6.45) is 3.29. The summed E-state index contributed by atoms with van der Waals surface area (Å²) in [7, 11) is 3.25. The number of methoxy groups -OCH3 is 2. The zero-order chi connectivity index (χ0) is 20.8. The van der Waals surface area contributed by atoms with Crippen molar-refractivity contribution in [1.29, 1.82) is 0 Å². The van der Waals surface area contributed by atoms with Gasteiger partial charge in [-0.3, -0.25) is 4.79 Å². The van der Waals surface area contributed by atoms with Crippen molar-refractivity contribution in [3.63, 3.8) is 0 Å². The van der Waals surface area contributed by atoms with Gasteiger partial charge in [0.2, 0.25) is 5.91 Å². The molecule has 3 fully saturated rings. The largest absolute Gasteiger partial charge is 0.508 e. The molecule has 1 aromatic carbocycles. The lowest BCUT2D eigenvalue weighted by molar-refractivity contribution is -0.138. The molecule has 1 aliphatic heterocycles. The molecule has 1 unspecified atom stereocenters. The smallest absolute Gasteiger partial charge is 0.222 e. The Kier molecular flexibility index (Phi) is 5.28. The molecule has 1 spiro atoms. The quantitative estimate of drug-likeness (QED) is 0.761. The van der Waals surface area contributed by atoms with Gasteiger partial charge >= 0.3 is 0 Å². The first kappa shape index (κ1) is 20.5. The Balaban J connectivity index is 1.66. The van der Waals surface area contributed by atoms with Gasteiger partial charge in [-0.1, -0.05) is 13.8 Å². The van der Waals surface area contributed by atoms with Gasteiger partial charge in [0.15, 0.2) is 0 Å². The minimum absolute atomic E-state index is 0.00463. The number of fused-ring (bicyclic) bond motifs is 1. The lowest BCUT2D eigenvalue weighted by atomic mass is 9.58. The molecule has 2 N–H and O–H groups in total. The molecule has 160 valence electrons. The minimum Gasteiger partial charge on any atom is -0.508 e. The Labute approximate surface area is 172 Å². The molecule has 29 heavy (non-hydrogen) atoms. The Hall–Kier alpha value is -1.79. The molecular weight excluding hydrogens is 370 g/mol. The van der Waals surface area contributed by atoms with Crippen LogP contribution in [0.25, 0.3) is 0 Å². The van der Waals surface area contributed by atoms with Gasteiger partial charge in [0.05, 0.1) is 19.8 Å². The number of hydrogen-bond donors (Lipinski definition) is 2. The van der Waals surface area contributed by atoms with Crippen molar-refractivity contribution in [1.82, 2.24) is 5.32 Å². The zero-order valence-corrected chi connectivity index (χ0v) is 17.9. The predicted octanol–water partition coefficient (Wildman–Crippen LogP) is 3.44. The van der Waals surface area contributed by atoms with Gasteiger partial charge in [-0.05, 0) is 60.1 Å². The maximum Gasteiger partial charge on any atom is 0.222 e. The van der Waals surface area contributed by atoms with Gasteiger partial charge < -0.3 is 24.6 Å². The fourth-order valence-corrected chi connectivity index (χ4v) is 6.41. The Morgan fingerprint density at radius 3 is 2.86 bits per heavy atom. The summed E-state index contributed by atoms with van der Waals surface area (Å²) >= 11 is 0. The second-order valence-corrected chi connectivity index (χ2v) is 9.51. The third-order valence-corrected chi connectivity index (χ3v) is 7.88. The maximum absolute atomic E-state index is 12.6. The van der Waals surface area contributed by atoms with Crippen LogP contribution in [0.3, 0.4) is 0 Å². The van der Waals surface area contributed by atoms with Gasteiger partial charge in [-0.15, -0.1) is 0 Å². The highest BCUT2D eigenvalue weighted by atomic mass is 16.5. The summed E-state index contributed by atoms with van der Waals surface area (Å²) < 4.78 is 16.7. The molecule has 2 bridgehead atoms. The van der Waals surface area contributed by atoms with E-state index >= 15 is 0 Å². The van der Waals surface area contributed by atoms with Crippen LogP contribution in [-0.2, 0) is 14.3 Å². The Morgan fingerprint density at radius 2 is 2.14 bits per heavy atom. The molecular formula is C23H33NO5. The average molecular weight is 404 g/mol. The number of carbonyl (C=O) groups is 1. The van der Waals surface area contributed by atoms with Crippen LogP contribution in [-0.4, -0.2) is 44.5 Å². The minimum atomic E-state index is -0.182. The van der Waals surface area contributed by atoms with Gasteiger partial charge in [0.1, 0.15) is 11.5 Å². The van der Waals surface area contributed by atoms with Crippen LogP contribution >= 0.6 is 0 Å². The first-order chi connectivity index (χ1) is 13.8. The monoisotopic (exact) mass is 403 g/mol. The molecule has 0 aromatic heterocycles. The average Bonchev–Trinajstić information content (AvgIpc) is 3.19. The molecule has 4 rings (SSSR count). The molecule has 5 atom stereocenters. The van der Waals surface area contributed by atoms with E-state index in [0.717, 1.165) is 24.8 Å². The van der Waals surface area contributed by atoms with Gasteiger partial charge in [-0.2, -0.15) is 0 Å². The van der Waals surface area contributed by atoms with E-state index in [2.05, 4.69) is 19.2 Å². The summed E-state index contributed by atoms with van der Waals surface area (Å²) in [5.41, 5.74) is 0.829. The number of nitrogens with one attached hydrogen (secondary N) is 1. The SMILES string of the molecule is COCCC(=O)N[C@@H]1C(C)(C)[C@@H]2C[C@@H]3[C@@H](c4cc(OC)ccc4O)OCCC31C2. The second-order valence-electron chi connectivity index (χ2n) is 9.51. The van der Waals surface area contributed by atoms with Crippen LogP contribution in [0.15, 0.2) is 18.2 Å². The van der Waals surface area contributed by atoms with Crippen LogP contribution in [0.4, 0.5) is 0 Å². The highest BCUT2D eigenvalue weighted by Gasteiger charge is 2.68. The van der Waals surface area contributed by atoms with Crippen LogP contribution in [0.2, 0.25) is 0 Å². The molecule has 2 saturated carbocycles. The molecule has 1 amide bonds. The summed E-state index contributed by atoms with van der Waals surface area (Å²) in [4.78, 5) is 12.6. The van der Waals surface area contributed by atoms with Crippen molar-refractivity contribution < 1.29 is 24.1 Å². The van der Waals surface area contributed by atoms with Crippen LogP contribution < -0.4 is 10.1 Å². The van der Waals surface area contributed by atoms with E-state index in [1.165, 1.54) is 0 Å². The van der Waals surface area contributed by atoms with E-state index in [1.807, 2.05) is 6.07 Å². The third-order valence-electron chi connectivity index (χ3n) is 7.88. The number of phenols is 1. The molecule has 6 heteroatoms. The molecule has 1 saturated heterocycles. The molecule has 3 aliphatic rings. The molecule has 2 aliphatic carbocycles. The first-order valence-corrected chi connectivity index (χ1v) is 10.6. The molecule has 6 nitrogen and oxygen atoms in total. The van der Waals surface area contributed by atoms with E-state index in [0.29, 0.717) is 31.3 Å². The number of ether oxygens (including phenoxy) is 3. The predicted molar refractivity (Wildman–Crippen MR) is 109 cm³/mol. The van der Waals surface area contributed by atoms with Gasteiger partial charge in [-0.25, -0.2) is 0 Å². The number of amides is 1. The van der Waals surface area contributed by atoms with Crippen molar-refractivity contribution in [2.45, 2.75) is 51.7 Å². The fraction of sp³-hybridized carbons (Fsp3) is 0.696. The summed E-state index contributed by atoms with van der Waals surface area (Å²) in [5.74, 6) is 1.81. The van der Waals surface area contributed by atoms with Crippen LogP contribution in [0.1, 0.15) is 51.2 Å². The number of rotatable bonds is 6. The van der Waals surface area contributed by atoms with Crippen molar-refractivity contribution in [3.8, 4) is 11.5 Å². The Morgan fingerprint density at radius 1 is 1.34 bits per heavy atom. The normalized spacial score (nSPS) is 34.6. The van der Waals surface area contributed by atoms with E-state index in [9.17, 15) is 9.90 Å². The molecule has 1 aromatic rings. The van der Waals surface area contributed by atoms with Crippen molar-refractivity contribution in [2.24, 2.45) is 22.7 Å². The third kappa shape index (κ3) is 3.21. The summed E-state index contributed by atoms with van der Waals surface area (Å²) in [6, 6.07) is 5.44. The van der Waals surface area contributed by atoms with E-state index in [1.54, 1.807) is 26.4 Å². The maximum atomic E-state index is 12.6. The van der Waals surface area contributed by atoms with Gasteiger partial charge in [0, 0.05) is 31.7 Å². The topological polar surface area (TPSA) is 77.0 Å². The van der Waals surface area contributed by atoms with Crippen molar-refractivity contribution >= 4 is 5.91 Å². The number of hydrogen-bond acceptors (Lipinski definition) is 5. The highest BCUT2D eigenvalue weighted by molar-refractivity contribution is 5.76. The lowest BCUT2D eigenvalue weighted by Crippen LogP contribution is -2.59. The van der Waals surface area contributed by atoms with Crippen LogP contribution in [0, 0.1) is 22.7 Å². The van der Waals surface area contributed by atoms with E-state index in [-0.39, 0.29) is 40.6 Å². The number of aromatic hydroxyl groups is 1. The lowest BCUT2D eigenvalue weighted by Gasteiger charge is -2.53. The Bertz CT molecular complexity index is 779. The number of benzene rings is 1. The van der Waals surface area contributed by atoms with Crippen LogP contribution in [0.5, 0.6) is 11.5 Å². The van der Waals surface area contributed by atoms with Crippen molar-refractivity contribution in [3.05, 3.63) is 23.8 Å². The second kappa shape index (κ2) is 7.47. The van der Waals surface area contributed by atoms with E-state index < -0.39 is 0 Å². The van der Waals surface area contributed by atoms with Gasteiger partial charge in [0.25, 0.3) is 0 Å². The first-order valence-electron chi connectivity index (χ1n) is 10.6. The fourth-order valence-electron chi connectivity index (χ4n) is 6.41. The summed E-state index contributed by atoms with van der Waals surface area (Å²) in [5, 5.41) is 13.9. The van der Waals surface area contributed by atoms with E-state index in [4.69, 9.17) is 14.2 Å². The number of carbonyl (C=O) groups excluding carboxylic acids is 1. The van der Waals surface area contributed by atoms with Crippen molar-refractivity contribution in [2.75, 3.05) is 27.4 Å².